The summed E-state index contributed by atoms with van der Waals surface area (Å²) in [6, 6.07) is 10.0. The summed E-state index contributed by atoms with van der Waals surface area (Å²) < 4.78 is 6.08. The second-order valence-electron chi connectivity index (χ2n) is 6.58. The Bertz CT molecular complexity index is 484. The molecule has 1 heterocycles. The van der Waals surface area contributed by atoms with E-state index in [2.05, 4.69) is 44.7 Å². The summed E-state index contributed by atoms with van der Waals surface area (Å²) in [6.07, 6.45) is 0. The molecule has 1 fully saturated rings. The molecule has 0 N–H and O–H groups in total. The lowest BCUT2D eigenvalue weighted by Gasteiger charge is -2.47. The van der Waals surface area contributed by atoms with Gasteiger partial charge in [0, 0.05) is 19.6 Å². The number of nitriles is 1. The zero-order valence-corrected chi connectivity index (χ0v) is 12.2. The normalized spacial score (nSPS) is 21.8. The van der Waals surface area contributed by atoms with Gasteiger partial charge >= 0.3 is 0 Å². The fraction of sp³-hybridized carbons (Fsp3) is 0.562. The van der Waals surface area contributed by atoms with Gasteiger partial charge in [-0.15, -0.1) is 0 Å². The first-order valence-corrected chi connectivity index (χ1v) is 6.71. The minimum absolute atomic E-state index is 0.130. The Morgan fingerprint density at radius 2 is 1.84 bits per heavy atom. The average Bonchev–Trinajstić information content (AvgIpc) is 2.24. The largest absolute Gasteiger partial charge is 0.367 e. The van der Waals surface area contributed by atoms with Gasteiger partial charge in [0.2, 0.25) is 0 Å². The molecule has 0 amide bonds. The summed E-state index contributed by atoms with van der Waals surface area (Å²) >= 11 is 0. The summed E-state index contributed by atoms with van der Waals surface area (Å²) in [6.45, 7) is 11.2. The number of benzene rings is 1. The van der Waals surface area contributed by atoms with Crippen LogP contribution < -0.4 is 0 Å². The molecule has 1 saturated heterocycles. The lowest BCUT2D eigenvalue weighted by atomic mass is 9.98. The van der Waals surface area contributed by atoms with Crippen LogP contribution in [0, 0.1) is 11.3 Å². The van der Waals surface area contributed by atoms with Crippen molar-refractivity contribution in [3.8, 4) is 6.07 Å². The Balaban J connectivity index is 2.12. The molecule has 0 aromatic heterocycles. The van der Waals surface area contributed by atoms with Crippen LogP contribution in [-0.2, 0) is 11.3 Å². The molecule has 1 aliphatic rings. The van der Waals surface area contributed by atoms with Gasteiger partial charge in [-0.2, -0.15) is 5.26 Å². The molecule has 0 spiro atoms. The van der Waals surface area contributed by atoms with Crippen LogP contribution in [0.2, 0.25) is 0 Å². The number of ether oxygens (including phenoxy) is 1. The van der Waals surface area contributed by atoms with Gasteiger partial charge in [0.1, 0.15) is 0 Å². The van der Waals surface area contributed by atoms with E-state index in [9.17, 15) is 0 Å². The monoisotopic (exact) mass is 258 g/mol. The molecular formula is C16H22N2O. The Labute approximate surface area is 115 Å². The molecule has 1 aliphatic heterocycles. The van der Waals surface area contributed by atoms with Crippen LogP contribution in [0.15, 0.2) is 24.3 Å². The summed E-state index contributed by atoms with van der Waals surface area (Å²) in [5.41, 5.74) is 1.65. The smallest absolute Gasteiger partial charge is 0.0991 e. The van der Waals surface area contributed by atoms with Crippen molar-refractivity contribution in [3.05, 3.63) is 35.4 Å². The van der Waals surface area contributed by atoms with Gasteiger partial charge in [-0.3, -0.25) is 4.90 Å². The zero-order valence-electron chi connectivity index (χ0n) is 12.2. The summed E-state index contributed by atoms with van der Waals surface area (Å²) in [5, 5.41) is 8.95. The van der Waals surface area contributed by atoms with Gasteiger partial charge in [-0.05, 0) is 45.4 Å². The molecule has 2 rings (SSSR count). The zero-order chi connectivity index (χ0) is 14.1. The quantitative estimate of drug-likeness (QED) is 0.818. The second kappa shape index (κ2) is 4.96. The Morgan fingerprint density at radius 3 is 2.42 bits per heavy atom. The number of morpholine rings is 1. The van der Waals surface area contributed by atoms with E-state index in [-0.39, 0.29) is 11.2 Å². The maximum Gasteiger partial charge on any atom is 0.0991 e. The van der Waals surface area contributed by atoms with Crippen molar-refractivity contribution in [2.45, 2.75) is 45.4 Å². The van der Waals surface area contributed by atoms with Crippen LogP contribution in [0.1, 0.15) is 38.8 Å². The van der Waals surface area contributed by atoms with Crippen molar-refractivity contribution in [2.75, 3.05) is 13.1 Å². The number of nitrogens with zero attached hydrogens (tertiary/aromatic N) is 2. The van der Waals surface area contributed by atoms with E-state index in [4.69, 9.17) is 10.00 Å². The van der Waals surface area contributed by atoms with Crippen molar-refractivity contribution in [2.24, 2.45) is 0 Å². The molecule has 0 atom stereocenters. The lowest BCUT2D eigenvalue weighted by molar-refractivity contribution is -0.182. The van der Waals surface area contributed by atoms with Gasteiger partial charge in [0.15, 0.2) is 0 Å². The van der Waals surface area contributed by atoms with Crippen molar-refractivity contribution in [3.63, 3.8) is 0 Å². The molecule has 1 aromatic rings. The third-order valence-electron chi connectivity index (χ3n) is 3.22. The highest BCUT2D eigenvalue weighted by atomic mass is 16.5. The van der Waals surface area contributed by atoms with Crippen molar-refractivity contribution in [1.29, 1.82) is 5.26 Å². The summed E-state index contributed by atoms with van der Waals surface area (Å²) in [7, 11) is 0. The number of hydrogen-bond acceptors (Lipinski definition) is 3. The van der Waals surface area contributed by atoms with Crippen LogP contribution in [0.5, 0.6) is 0 Å². The van der Waals surface area contributed by atoms with Gasteiger partial charge in [-0.25, -0.2) is 0 Å². The topological polar surface area (TPSA) is 36.3 Å². The molecule has 1 aromatic carbocycles. The first-order valence-electron chi connectivity index (χ1n) is 6.71. The van der Waals surface area contributed by atoms with E-state index in [1.807, 2.05) is 18.2 Å². The minimum Gasteiger partial charge on any atom is -0.367 e. The maximum absolute atomic E-state index is 8.95. The molecule has 0 radical (unpaired) electrons. The molecule has 3 nitrogen and oxygen atoms in total. The standard InChI is InChI=1S/C16H22N2O/c1-15(2)11-18(12-16(3,4)19-15)10-14-7-5-6-13(8-14)9-17/h5-8H,10-12H2,1-4H3. The molecule has 3 heteroatoms. The molecule has 0 bridgehead atoms. The highest BCUT2D eigenvalue weighted by Crippen LogP contribution is 2.28. The predicted molar refractivity (Wildman–Crippen MR) is 75.7 cm³/mol. The Hall–Kier alpha value is -1.37. The number of hydrogen-bond donors (Lipinski definition) is 0. The van der Waals surface area contributed by atoms with Crippen molar-refractivity contribution < 1.29 is 4.74 Å². The van der Waals surface area contributed by atoms with Crippen LogP contribution in [0.4, 0.5) is 0 Å². The third-order valence-corrected chi connectivity index (χ3v) is 3.22. The highest BCUT2D eigenvalue weighted by molar-refractivity contribution is 5.32. The lowest BCUT2D eigenvalue weighted by Crippen LogP contribution is -2.56. The molecule has 102 valence electrons. The van der Waals surface area contributed by atoms with E-state index in [0.29, 0.717) is 0 Å². The molecule has 19 heavy (non-hydrogen) atoms. The fourth-order valence-corrected chi connectivity index (χ4v) is 3.05. The van der Waals surface area contributed by atoms with E-state index >= 15 is 0 Å². The Kier molecular flexibility index (Phi) is 3.66. The molecule has 0 saturated carbocycles. The first-order chi connectivity index (χ1) is 8.80. The maximum atomic E-state index is 8.95. The van der Waals surface area contributed by atoms with Crippen LogP contribution >= 0.6 is 0 Å². The SMILES string of the molecule is CC1(C)CN(Cc2cccc(C#N)c2)CC(C)(C)O1. The van der Waals surface area contributed by atoms with Crippen LogP contribution in [0.3, 0.4) is 0 Å². The van der Waals surface area contributed by atoms with E-state index in [1.54, 1.807) is 0 Å². The highest BCUT2D eigenvalue weighted by Gasteiger charge is 2.37. The van der Waals surface area contributed by atoms with Crippen LogP contribution in [0.25, 0.3) is 0 Å². The third kappa shape index (κ3) is 3.79. The van der Waals surface area contributed by atoms with Crippen molar-refractivity contribution >= 4 is 0 Å². The average molecular weight is 258 g/mol. The molecular weight excluding hydrogens is 236 g/mol. The number of rotatable bonds is 2. The van der Waals surface area contributed by atoms with Gasteiger partial charge in [-0.1, -0.05) is 12.1 Å². The van der Waals surface area contributed by atoms with E-state index < -0.39 is 0 Å². The summed E-state index contributed by atoms with van der Waals surface area (Å²) in [5.74, 6) is 0. The van der Waals surface area contributed by atoms with Crippen molar-refractivity contribution in [1.82, 2.24) is 4.90 Å². The van der Waals surface area contributed by atoms with Gasteiger partial charge in [0.25, 0.3) is 0 Å². The van der Waals surface area contributed by atoms with E-state index in [0.717, 1.165) is 25.2 Å². The Morgan fingerprint density at radius 1 is 1.21 bits per heavy atom. The van der Waals surface area contributed by atoms with E-state index in [1.165, 1.54) is 5.56 Å². The second-order valence-corrected chi connectivity index (χ2v) is 6.58. The van der Waals surface area contributed by atoms with Gasteiger partial charge in [0.05, 0.1) is 22.8 Å². The predicted octanol–water partition coefficient (Wildman–Crippen LogP) is 2.95. The fourth-order valence-electron chi connectivity index (χ4n) is 3.05. The van der Waals surface area contributed by atoms with Gasteiger partial charge < -0.3 is 4.74 Å². The minimum atomic E-state index is -0.130. The first kappa shape index (κ1) is 14.0. The summed E-state index contributed by atoms with van der Waals surface area (Å²) in [4.78, 5) is 2.40. The molecule has 0 unspecified atom stereocenters. The van der Waals surface area contributed by atoms with Crippen LogP contribution in [-0.4, -0.2) is 29.2 Å². The molecule has 0 aliphatic carbocycles.